The summed E-state index contributed by atoms with van der Waals surface area (Å²) in [6, 6.07) is 21.7. The summed E-state index contributed by atoms with van der Waals surface area (Å²) >= 11 is 1.30. The van der Waals surface area contributed by atoms with Crippen LogP contribution in [0.3, 0.4) is 0 Å². The van der Waals surface area contributed by atoms with E-state index in [0.717, 1.165) is 27.4 Å². The second-order valence-electron chi connectivity index (χ2n) is 9.14. The molecule has 0 saturated carbocycles. The summed E-state index contributed by atoms with van der Waals surface area (Å²) in [5.41, 5.74) is 3.00. The smallest absolute Gasteiger partial charge is 0.284 e. The number of rotatable bonds is 7. The zero-order valence-electron chi connectivity index (χ0n) is 19.9. The van der Waals surface area contributed by atoms with Crippen LogP contribution in [0.25, 0.3) is 0 Å². The number of benzene rings is 2. The van der Waals surface area contributed by atoms with E-state index in [1.54, 1.807) is 18.1 Å². The van der Waals surface area contributed by atoms with Gasteiger partial charge in [-0.1, -0.05) is 86.7 Å². The first-order chi connectivity index (χ1) is 16.3. The van der Waals surface area contributed by atoms with Gasteiger partial charge in [-0.25, -0.2) is 4.98 Å². The Bertz CT molecular complexity index is 1260. The molecule has 2 aromatic heterocycles. The average molecular weight is 473 g/mol. The highest BCUT2D eigenvalue weighted by molar-refractivity contribution is 7.13. The quantitative estimate of drug-likeness (QED) is 0.336. The maximum atomic E-state index is 12.9. The van der Waals surface area contributed by atoms with E-state index in [2.05, 4.69) is 42.0 Å². The molecule has 4 rings (SSSR count). The molecule has 0 saturated heterocycles. The normalized spacial score (nSPS) is 11.3. The molecule has 2 heterocycles. The van der Waals surface area contributed by atoms with E-state index in [-0.39, 0.29) is 11.3 Å². The van der Waals surface area contributed by atoms with Crippen molar-refractivity contribution in [3.05, 3.63) is 99.6 Å². The number of carbonyl (C=O) groups excluding carboxylic acids is 1. The Morgan fingerprint density at radius 3 is 2.47 bits per heavy atom. The second kappa shape index (κ2) is 10.1. The van der Waals surface area contributed by atoms with Gasteiger partial charge >= 0.3 is 0 Å². The Labute approximate surface area is 204 Å². The van der Waals surface area contributed by atoms with Crippen LogP contribution >= 0.6 is 11.3 Å². The first kappa shape index (κ1) is 23.6. The van der Waals surface area contributed by atoms with Crippen molar-refractivity contribution in [2.75, 3.05) is 7.05 Å². The Hall–Kier alpha value is -3.58. The van der Waals surface area contributed by atoms with Crippen LogP contribution in [0, 0.1) is 0 Å². The third-order valence-electron chi connectivity index (χ3n) is 5.35. The van der Waals surface area contributed by atoms with Crippen molar-refractivity contribution < 1.29 is 9.53 Å². The van der Waals surface area contributed by atoms with Gasteiger partial charge in [-0.2, -0.15) is 0 Å². The molecule has 0 unspecified atom stereocenters. The van der Waals surface area contributed by atoms with Crippen molar-refractivity contribution in [3.63, 3.8) is 0 Å². The number of hydrogen-bond acceptors (Lipinski definition) is 6. The summed E-state index contributed by atoms with van der Waals surface area (Å²) < 4.78 is 6.27. The van der Waals surface area contributed by atoms with Crippen LogP contribution in [0.4, 0.5) is 0 Å². The molecule has 6 nitrogen and oxygen atoms in total. The molecule has 0 atom stereocenters. The van der Waals surface area contributed by atoms with Crippen LogP contribution in [-0.4, -0.2) is 33.0 Å². The zero-order chi connectivity index (χ0) is 24.1. The van der Waals surface area contributed by atoms with Crippen molar-refractivity contribution in [2.24, 2.45) is 0 Å². The lowest BCUT2D eigenvalue weighted by Crippen LogP contribution is -2.26. The Morgan fingerprint density at radius 1 is 0.971 bits per heavy atom. The van der Waals surface area contributed by atoms with Crippen molar-refractivity contribution in [3.8, 4) is 11.6 Å². The molecule has 0 aliphatic heterocycles. The molecule has 1 amide bonds. The average Bonchev–Trinajstić information content (AvgIpc) is 3.28. The molecule has 2 aromatic carbocycles. The predicted molar refractivity (Wildman–Crippen MR) is 134 cm³/mol. The molecule has 0 bridgehead atoms. The lowest BCUT2D eigenvalue weighted by Gasteiger charge is -2.22. The predicted octanol–water partition coefficient (Wildman–Crippen LogP) is 5.89. The summed E-state index contributed by atoms with van der Waals surface area (Å²) in [4.78, 5) is 19.0. The largest absolute Gasteiger partial charge is 0.438 e. The van der Waals surface area contributed by atoms with Gasteiger partial charge in [0, 0.05) is 37.3 Å². The first-order valence-corrected chi connectivity index (χ1v) is 12.0. The van der Waals surface area contributed by atoms with Gasteiger partial charge in [0.25, 0.3) is 5.91 Å². The third kappa shape index (κ3) is 5.66. The standard InChI is InChI=1S/C27H28N4O2S/c1-27(2,3)21-14-8-9-15-22(21)33-24-20(13-10-16-28-24)17-23-29-30-25(34-23)26(32)31(4)18-19-11-6-5-7-12-19/h5-16H,17-18H2,1-4H3. The fourth-order valence-electron chi connectivity index (χ4n) is 3.60. The maximum Gasteiger partial charge on any atom is 0.284 e. The molecule has 0 radical (unpaired) electrons. The molecule has 174 valence electrons. The van der Waals surface area contributed by atoms with E-state index >= 15 is 0 Å². The SMILES string of the molecule is CN(Cc1ccccc1)C(=O)c1nnc(Cc2cccnc2Oc2ccccc2C(C)(C)C)s1. The number of carbonyl (C=O) groups is 1. The fourth-order valence-corrected chi connectivity index (χ4v) is 4.45. The van der Waals surface area contributed by atoms with Gasteiger partial charge in [0.2, 0.25) is 10.9 Å². The van der Waals surface area contributed by atoms with E-state index in [9.17, 15) is 4.79 Å². The molecule has 4 aromatic rings. The van der Waals surface area contributed by atoms with Crippen molar-refractivity contribution in [2.45, 2.75) is 39.2 Å². The summed E-state index contributed by atoms with van der Waals surface area (Å²) in [6.45, 7) is 6.98. The van der Waals surface area contributed by atoms with Crippen LogP contribution in [0.5, 0.6) is 11.6 Å². The Balaban J connectivity index is 1.50. The highest BCUT2D eigenvalue weighted by atomic mass is 32.1. The molecular formula is C27H28N4O2S. The van der Waals surface area contributed by atoms with Crippen LogP contribution < -0.4 is 4.74 Å². The van der Waals surface area contributed by atoms with Crippen LogP contribution in [0.15, 0.2) is 72.9 Å². The maximum absolute atomic E-state index is 12.9. The fraction of sp³-hybridized carbons (Fsp3) is 0.259. The number of nitrogens with zero attached hydrogens (tertiary/aromatic N) is 4. The van der Waals surface area contributed by atoms with Gasteiger partial charge < -0.3 is 9.64 Å². The van der Waals surface area contributed by atoms with Crippen LogP contribution in [0.1, 0.15) is 52.3 Å². The second-order valence-corrected chi connectivity index (χ2v) is 10.2. The van der Waals surface area contributed by atoms with E-state index in [0.29, 0.717) is 23.9 Å². The number of amides is 1. The minimum Gasteiger partial charge on any atom is -0.438 e. The minimum atomic E-state index is -0.144. The number of hydrogen-bond donors (Lipinski definition) is 0. The van der Waals surface area contributed by atoms with E-state index < -0.39 is 0 Å². The van der Waals surface area contributed by atoms with Gasteiger partial charge in [0.1, 0.15) is 10.8 Å². The lowest BCUT2D eigenvalue weighted by molar-refractivity contribution is 0.0784. The summed E-state index contributed by atoms with van der Waals surface area (Å²) in [5.74, 6) is 1.17. The number of para-hydroxylation sites is 1. The van der Waals surface area contributed by atoms with Gasteiger partial charge in [-0.15, -0.1) is 10.2 Å². The van der Waals surface area contributed by atoms with E-state index in [1.165, 1.54) is 11.3 Å². The molecule has 0 aliphatic carbocycles. The van der Waals surface area contributed by atoms with Gasteiger partial charge in [0.15, 0.2) is 0 Å². The molecule has 0 aliphatic rings. The third-order valence-corrected chi connectivity index (χ3v) is 6.26. The van der Waals surface area contributed by atoms with Crippen molar-refractivity contribution >= 4 is 17.2 Å². The van der Waals surface area contributed by atoms with E-state index in [1.807, 2.05) is 60.7 Å². The number of pyridine rings is 1. The molecular weight excluding hydrogens is 444 g/mol. The molecule has 34 heavy (non-hydrogen) atoms. The Kier molecular flexibility index (Phi) is 7.03. The summed E-state index contributed by atoms with van der Waals surface area (Å²) in [6.07, 6.45) is 2.19. The Morgan fingerprint density at radius 2 is 1.71 bits per heavy atom. The topological polar surface area (TPSA) is 68.2 Å². The molecule has 0 N–H and O–H groups in total. The molecule has 7 heteroatoms. The van der Waals surface area contributed by atoms with Gasteiger partial charge in [-0.05, 0) is 23.1 Å². The monoisotopic (exact) mass is 472 g/mol. The summed E-state index contributed by atoms with van der Waals surface area (Å²) in [7, 11) is 1.77. The van der Waals surface area contributed by atoms with Gasteiger partial charge in [-0.3, -0.25) is 4.79 Å². The molecule has 0 spiro atoms. The highest BCUT2D eigenvalue weighted by Crippen LogP contribution is 2.34. The van der Waals surface area contributed by atoms with Crippen LogP contribution in [0.2, 0.25) is 0 Å². The highest BCUT2D eigenvalue weighted by Gasteiger charge is 2.21. The van der Waals surface area contributed by atoms with Gasteiger partial charge in [0.05, 0.1) is 0 Å². The number of ether oxygens (including phenoxy) is 1. The van der Waals surface area contributed by atoms with Crippen LogP contribution in [-0.2, 0) is 18.4 Å². The lowest BCUT2D eigenvalue weighted by atomic mass is 9.86. The van der Waals surface area contributed by atoms with Crippen molar-refractivity contribution in [1.29, 1.82) is 0 Å². The number of aromatic nitrogens is 3. The molecule has 0 fully saturated rings. The van der Waals surface area contributed by atoms with E-state index in [4.69, 9.17) is 4.74 Å². The zero-order valence-corrected chi connectivity index (χ0v) is 20.7. The minimum absolute atomic E-state index is 0.0637. The summed E-state index contributed by atoms with van der Waals surface area (Å²) in [5, 5.41) is 9.52. The van der Waals surface area contributed by atoms with Crippen molar-refractivity contribution in [1.82, 2.24) is 20.1 Å². The first-order valence-electron chi connectivity index (χ1n) is 11.1.